The molecular weight excluding hydrogens is 468 g/mol. The fourth-order valence-corrected chi connectivity index (χ4v) is 5.08. The molecule has 3 aliphatic rings. The maximum Gasteiger partial charge on any atom is 0.326 e. The fourth-order valence-electron chi connectivity index (χ4n) is 4.14. The largest absolute Gasteiger partial charge is 0.367 e. The number of nitrogens with zero attached hydrogens (tertiary/aromatic N) is 5. The molecule has 35 heavy (non-hydrogen) atoms. The minimum absolute atomic E-state index is 0.0459. The molecule has 2 saturated heterocycles. The summed E-state index contributed by atoms with van der Waals surface area (Å²) in [4.78, 5) is 47.0. The molecule has 2 aliphatic heterocycles. The number of urea groups is 1. The van der Waals surface area contributed by atoms with Gasteiger partial charge in [0.25, 0.3) is 11.8 Å². The first-order valence-electron chi connectivity index (χ1n) is 11.5. The zero-order valence-electron chi connectivity index (χ0n) is 19.1. The first kappa shape index (κ1) is 21.7. The molecule has 3 aromatic rings. The lowest BCUT2D eigenvalue weighted by Gasteiger charge is -2.32. The topological polar surface area (TPSA) is 124 Å². The SMILES string of the molecule is CN1CCN(C(=O)c2ccc(-c3cc(NC4CC4)n4ncc(/C=C5\NC(=O)NC5=O)c4n3)s2)CC1. The highest BCUT2D eigenvalue weighted by atomic mass is 32.1. The Bertz CT molecular complexity index is 1380. The van der Waals surface area contributed by atoms with Gasteiger partial charge in [-0.15, -0.1) is 11.3 Å². The van der Waals surface area contributed by atoms with Gasteiger partial charge >= 0.3 is 6.03 Å². The molecule has 3 N–H and O–H groups in total. The number of hydrogen-bond acceptors (Lipinski definition) is 8. The molecule has 0 aromatic carbocycles. The van der Waals surface area contributed by atoms with Crippen molar-refractivity contribution in [3.8, 4) is 10.6 Å². The Morgan fingerprint density at radius 2 is 1.97 bits per heavy atom. The molecule has 0 spiro atoms. The molecule has 1 aliphatic carbocycles. The highest BCUT2D eigenvalue weighted by molar-refractivity contribution is 7.17. The van der Waals surface area contributed by atoms with Gasteiger partial charge in [-0.05, 0) is 38.1 Å². The second-order valence-electron chi connectivity index (χ2n) is 9.01. The molecule has 6 rings (SSSR count). The Hall–Kier alpha value is -3.77. The van der Waals surface area contributed by atoms with E-state index in [1.54, 1.807) is 16.8 Å². The third-order valence-corrected chi connectivity index (χ3v) is 7.40. The van der Waals surface area contributed by atoms with Crippen molar-refractivity contribution in [2.24, 2.45) is 0 Å². The van der Waals surface area contributed by atoms with E-state index in [2.05, 4.69) is 33.0 Å². The van der Waals surface area contributed by atoms with Crippen LogP contribution in [0.15, 0.2) is 30.1 Å². The number of nitrogens with one attached hydrogen (secondary N) is 3. The van der Waals surface area contributed by atoms with E-state index in [0.717, 1.165) is 49.7 Å². The average molecular weight is 493 g/mol. The standard InChI is InChI=1S/C23H24N8O3S/c1-29-6-8-30(9-7-29)22(33)18-5-4-17(35-18)15-11-19(25-14-2-3-14)31-20(26-15)13(12-24-31)10-16-21(32)28-23(34)27-16/h4-5,10-12,14,25H,2-3,6-9H2,1H3,(H2,27,28,32,34)/b16-10-. The second-order valence-corrected chi connectivity index (χ2v) is 10.1. The smallest absolute Gasteiger partial charge is 0.326 e. The lowest BCUT2D eigenvalue weighted by molar-refractivity contribution is -0.115. The molecular formula is C23H24N8O3S. The van der Waals surface area contributed by atoms with Crippen LogP contribution in [-0.2, 0) is 4.79 Å². The second kappa shape index (κ2) is 8.47. The molecule has 3 aromatic heterocycles. The molecule has 12 heteroatoms. The third-order valence-electron chi connectivity index (χ3n) is 6.31. The van der Waals surface area contributed by atoms with Gasteiger partial charge in [0.15, 0.2) is 5.65 Å². The molecule has 3 fully saturated rings. The van der Waals surface area contributed by atoms with Crippen molar-refractivity contribution in [3.05, 3.63) is 40.5 Å². The number of amides is 4. The van der Waals surface area contributed by atoms with Crippen LogP contribution < -0.4 is 16.0 Å². The Morgan fingerprint density at radius 3 is 2.69 bits per heavy atom. The summed E-state index contributed by atoms with van der Waals surface area (Å²) in [6.07, 6.45) is 5.36. The van der Waals surface area contributed by atoms with Crippen molar-refractivity contribution >= 4 is 46.7 Å². The summed E-state index contributed by atoms with van der Waals surface area (Å²) in [5.41, 5.74) is 2.00. The van der Waals surface area contributed by atoms with Gasteiger partial charge < -0.3 is 20.4 Å². The number of thiophene rings is 1. The van der Waals surface area contributed by atoms with Gasteiger partial charge in [-0.25, -0.2) is 9.78 Å². The van der Waals surface area contributed by atoms with Crippen molar-refractivity contribution in [3.63, 3.8) is 0 Å². The van der Waals surface area contributed by atoms with Crippen LogP contribution in [0.2, 0.25) is 0 Å². The molecule has 0 bridgehead atoms. The number of fused-ring (bicyclic) bond motifs is 1. The summed E-state index contributed by atoms with van der Waals surface area (Å²) in [5, 5.41) is 12.7. The van der Waals surface area contributed by atoms with Gasteiger partial charge in [0, 0.05) is 43.9 Å². The van der Waals surface area contributed by atoms with E-state index in [4.69, 9.17) is 4.98 Å². The highest BCUT2D eigenvalue weighted by Gasteiger charge is 2.26. The average Bonchev–Trinajstić information content (AvgIpc) is 3.23. The van der Waals surface area contributed by atoms with Crippen LogP contribution in [0.4, 0.5) is 10.6 Å². The van der Waals surface area contributed by atoms with E-state index in [1.165, 1.54) is 11.3 Å². The van der Waals surface area contributed by atoms with Gasteiger partial charge in [0.1, 0.15) is 11.5 Å². The maximum absolute atomic E-state index is 13.0. The summed E-state index contributed by atoms with van der Waals surface area (Å²) in [6.45, 7) is 3.19. The van der Waals surface area contributed by atoms with Crippen LogP contribution in [-0.4, -0.2) is 81.5 Å². The van der Waals surface area contributed by atoms with Crippen LogP contribution in [0.5, 0.6) is 0 Å². The number of anilines is 1. The summed E-state index contributed by atoms with van der Waals surface area (Å²) in [6, 6.07) is 5.55. The van der Waals surface area contributed by atoms with Gasteiger partial charge in [-0.1, -0.05) is 0 Å². The van der Waals surface area contributed by atoms with Crippen molar-refractivity contribution in [2.45, 2.75) is 18.9 Å². The van der Waals surface area contributed by atoms with Crippen LogP contribution in [0.25, 0.3) is 22.3 Å². The number of carbonyl (C=O) groups is 3. The predicted molar refractivity (Wildman–Crippen MR) is 131 cm³/mol. The maximum atomic E-state index is 13.0. The number of imide groups is 1. The van der Waals surface area contributed by atoms with E-state index in [1.807, 2.05) is 23.1 Å². The number of likely N-dealkylation sites (N-methyl/N-ethyl adjacent to an activating group) is 1. The first-order valence-corrected chi connectivity index (χ1v) is 12.3. The van der Waals surface area contributed by atoms with E-state index in [0.29, 0.717) is 27.8 Å². The van der Waals surface area contributed by atoms with Gasteiger partial charge in [0.2, 0.25) is 0 Å². The molecule has 180 valence electrons. The normalized spacial score (nSPS) is 19.9. The summed E-state index contributed by atoms with van der Waals surface area (Å²) < 4.78 is 1.70. The van der Waals surface area contributed by atoms with Crippen molar-refractivity contribution < 1.29 is 14.4 Å². The number of aromatic nitrogens is 3. The zero-order valence-corrected chi connectivity index (χ0v) is 19.9. The van der Waals surface area contributed by atoms with Crippen LogP contribution in [0, 0.1) is 0 Å². The minimum Gasteiger partial charge on any atom is -0.367 e. The number of rotatable bonds is 5. The van der Waals surface area contributed by atoms with Crippen molar-refractivity contribution in [1.82, 2.24) is 35.0 Å². The zero-order chi connectivity index (χ0) is 24.1. The van der Waals surface area contributed by atoms with E-state index >= 15 is 0 Å². The molecule has 5 heterocycles. The number of piperazine rings is 1. The van der Waals surface area contributed by atoms with E-state index in [9.17, 15) is 14.4 Å². The summed E-state index contributed by atoms with van der Waals surface area (Å²) in [5.74, 6) is 0.342. The molecule has 0 radical (unpaired) electrons. The third kappa shape index (κ3) is 4.26. The van der Waals surface area contributed by atoms with Crippen LogP contribution in [0.1, 0.15) is 28.1 Å². The quantitative estimate of drug-likeness (QED) is 0.365. The number of carbonyl (C=O) groups excluding carboxylic acids is 3. The van der Waals surface area contributed by atoms with Crippen LogP contribution >= 0.6 is 11.3 Å². The molecule has 11 nitrogen and oxygen atoms in total. The molecule has 0 unspecified atom stereocenters. The van der Waals surface area contributed by atoms with Gasteiger partial charge in [-0.3, -0.25) is 14.9 Å². The number of hydrogen-bond donors (Lipinski definition) is 3. The van der Waals surface area contributed by atoms with Crippen molar-refractivity contribution in [2.75, 3.05) is 38.5 Å². The van der Waals surface area contributed by atoms with E-state index < -0.39 is 11.9 Å². The Kier molecular flexibility index (Phi) is 5.26. The van der Waals surface area contributed by atoms with Gasteiger partial charge in [-0.2, -0.15) is 9.61 Å². The molecule has 1 saturated carbocycles. The molecule has 4 amide bonds. The Morgan fingerprint density at radius 1 is 1.17 bits per heavy atom. The predicted octanol–water partition coefficient (Wildman–Crippen LogP) is 1.60. The summed E-state index contributed by atoms with van der Waals surface area (Å²) >= 11 is 1.42. The van der Waals surface area contributed by atoms with Gasteiger partial charge in [0.05, 0.1) is 21.6 Å². The monoisotopic (exact) mass is 492 g/mol. The lowest BCUT2D eigenvalue weighted by atomic mass is 10.2. The lowest BCUT2D eigenvalue weighted by Crippen LogP contribution is -2.46. The first-order chi connectivity index (χ1) is 16.9. The summed E-state index contributed by atoms with van der Waals surface area (Å²) in [7, 11) is 2.06. The highest BCUT2D eigenvalue weighted by Crippen LogP contribution is 2.33. The van der Waals surface area contributed by atoms with Crippen molar-refractivity contribution in [1.29, 1.82) is 0 Å². The molecule has 0 atom stereocenters. The van der Waals surface area contributed by atoms with Crippen LogP contribution in [0.3, 0.4) is 0 Å². The Balaban J connectivity index is 1.36. The Labute approximate surface area is 204 Å². The van der Waals surface area contributed by atoms with E-state index in [-0.39, 0.29) is 11.6 Å². The fraction of sp³-hybridized carbons (Fsp3) is 0.348. The minimum atomic E-state index is -0.557.